The average Bonchev–Trinajstić information content (AvgIpc) is 2.09. The third kappa shape index (κ3) is 7.54. The van der Waals surface area contributed by atoms with Crippen LogP contribution >= 0.6 is 0 Å². The fraction of sp³-hybridized carbons (Fsp3) is 0.778. The van der Waals surface area contributed by atoms with Crippen LogP contribution in [0.3, 0.4) is 0 Å². The van der Waals surface area contributed by atoms with E-state index in [0.717, 1.165) is 12.8 Å². The molecule has 1 amide bonds. The van der Waals surface area contributed by atoms with Gasteiger partial charge in [-0.25, -0.2) is 0 Å². The van der Waals surface area contributed by atoms with Crippen LogP contribution in [0, 0.1) is 0 Å². The highest BCUT2D eigenvalue weighted by Gasteiger charge is 2.04. The Balaban J connectivity index is 3.22. The van der Waals surface area contributed by atoms with Gasteiger partial charge in [0, 0.05) is 13.0 Å². The van der Waals surface area contributed by atoms with Crippen LogP contribution in [0.4, 0.5) is 0 Å². The molecular formula is C9H18N2O3. The molecule has 0 aromatic rings. The molecule has 0 heterocycles. The van der Waals surface area contributed by atoms with Crippen molar-refractivity contribution in [1.82, 2.24) is 5.32 Å². The molecule has 82 valence electrons. The van der Waals surface area contributed by atoms with Crippen molar-refractivity contribution in [2.24, 2.45) is 5.73 Å². The minimum Gasteiger partial charge on any atom is -0.481 e. The summed E-state index contributed by atoms with van der Waals surface area (Å²) in [6.07, 6.45) is 2.46. The normalized spacial score (nSPS) is 12.1. The predicted octanol–water partition coefficient (Wildman–Crippen LogP) is 0.0948. The smallest absolute Gasteiger partial charge is 0.303 e. The summed E-state index contributed by atoms with van der Waals surface area (Å²) in [7, 11) is 0. The van der Waals surface area contributed by atoms with Crippen molar-refractivity contribution in [3.63, 3.8) is 0 Å². The largest absolute Gasteiger partial charge is 0.481 e. The first kappa shape index (κ1) is 12.9. The van der Waals surface area contributed by atoms with Gasteiger partial charge in [0.15, 0.2) is 0 Å². The SMILES string of the molecule is C[C@@H](N)C(=O)NCCCCCC(=O)O. The van der Waals surface area contributed by atoms with Crippen molar-refractivity contribution in [2.75, 3.05) is 6.54 Å². The standard InChI is InChI=1S/C9H18N2O3/c1-7(10)9(14)11-6-4-2-3-5-8(12)13/h7H,2-6,10H2,1H3,(H,11,14)(H,12,13)/t7-/m1/s1. The molecule has 0 fully saturated rings. The molecule has 0 rings (SSSR count). The van der Waals surface area contributed by atoms with E-state index in [-0.39, 0.29) is 12.3 Å². The van der Waals surface area contributed by atoms with E-state index in [9.17, 15) is 9.59 Å². The molecule has 0 unspecified atom stereocenters. The lowest BCUT2D eigenvalue weighted by molar-refractivity contribution is -0.137. The van der Waals surface area contributed by atoms with Crippen LogP contribution in [0.1, 0.15) is 32.6 Å². The molecule has 0 aliphatic carbocycles. The quantitative estimate of drug-likeness (QED) is 0.510. The molecule has 0 saturated carbocycles. The van der Waals surface area contributed by atoms with Crippen LogP contribution in [-0.4, -0.2) is 29.6 Å². The number of hydrogen-bond donors (Lipinski definition) is 3. The van der Waals surface area contributed by atoms with E-state index in [4.69, 9.17) is 10.8 Å². The second-order valence-corrected chi connectivity index (χ2v) is 3.28. The zero-order valence-corrected chi connectivity index (χ0v) is 8.45. The third-order valence-electron chi connectivity index (χ3n) is 1.78. The van der Waals surface area contributed by atoms with Gasteiger partial charge in [0.05, 0.1) is 6.04 Å². The van der Waals surface area contributed by atoms with Crippen LogP contribution in [0.5, 0.6) is 0 Å². The van der Waals surface area contributed by atoms with Gasteiger partial charge in [-0.15, -0.1) is 0 Å². The number of aliphatic carboxylic acids is 1. The van der Waals surface area contributed by atoms with E-state index in [2.05, 4.69) is 5.32 Å². The highest BCUT2D eigenvalue weighted by atomic mass is 16.4. The number of unbranched alkanes of at least 4 members (excludes halogenated alkanes) is 2. The fourth-order valence-electron chi connectivity index (χ4n) is 0.951. The van der Waals surface area contributed by atoms with E-state index in [0.29, 0.717) is 13.0 Å². The van der Waals surface area contributed by atoms with E-state index < -0.39 is 12.0 Å². The number of carboxylic acids is 1. The number of carbonyl (C=O) groups excluding carboxylic acids is 1. The number of carboxylic acid groups (broad SMARTS) is 1. The van der Waals surface area contributed by atoms with Gasteiger partial charge in [-0.3, -0.25) is 9.59 Å². The van der Waals surface area contributed by atoms with Gasteiger partial charge in [-0.1, -0.05) is 6.42 Å². The zero-order chi connectivity index (χ0) is 11.0. The zero-order valence-electron chi connectivity index (χ0n) is 8.45. The Kier molecular flexibility index (Phi) is 6.74. The highest BCUT2D eigenvalue weighted by Crippen LogP contribution is 1.98. The molecular weight excluding hydrogens is 184 g/mol. The minimum absolute atomic E-state index is 0.164. The van der Waals surface area contributed by atoms with Crippen molar-refractivity contribution >= 4 is 11.9 Å². The van der Waals surface area contributed by atoms with Crippen LogP contribution in [0.15, 0.2) is 0 Å². The van der Waals surface area contributed by atoms with Gasteiger partial charge >= 0.3 is 5.97 Å². The Labute approximate surface area is 83.7 Å². The number of nitrogens with one attached hydrogen (secondary N) is 1. The van der Waals surface area contributed by atoms with E-state index in [1.54, 1.807) is 6.92 Å². The topological polar surface area (TPSA) is 92.4 Å². The van der Waals surface area contributed by atoms with Gasteiger partial charge in [-0.05, 0) is 19.8 Å². The lowest BCUT2D eigenvalue weighted by atomic mass is 10.2. The summed E-state index contributed by atoms with van der Waals surface area (Å²) in [5.41, 5.74) is 5.33. The lowest BCUT2D eigenvalue weighted by Crippen LogP contribution is -2.38. The van der Waals surface area contributed by atoms with Gasteiger partial charge < -0.3 is 16.2 Å². The molecule has 0 spiro atoms. The Morgan fingerprint density at radius 3 is 2.50 bits per heavy atom. The maximum atomic E-state index is 11.0. The summed E-state index contributed by atoms with van der Waals surface area (Å²) < 4.78 is 0. The number of amides is 1. The van der Waals surface area contributed by atoms with Gasteiger partial charge in [0.2, 0.25) is 5.91 Å². The molecule has 5 nitrogen and oxygen atoms in total. The van der Waals surface area contributed by atoms with Gasteiger partial charge in [0.25, 0.3) is 0 Å². The van der Waals surface area contributed by atoms with Crippen molar-refractivity contribution in [3.05, 3.63) is 0 Å². The highest BCUT2D eigenvalue weighted by molar-refractivity contribution is 5.80. The summed E-state index contributed by atoms with van der Waals surface area (Å²) in [6, 6.07) is -0.478. The number of nitrogens with two attached hydrogens (primary N) is 1. The molecule has 0 aromatic carbocycles. The Morgan fingerprint density at radius 2 is 2.00 bits per heavy atom. The molecule has 0 aromatic heterocycles. The fourth-order valence-corrected chi connectivity index (χ4v) is 0.951. The minimum atomic E-state index is -0.774. The average molecular weight is 202 g/mol. The van der Waals surface area contributed by atoms with Gasteiger partial charge in [-0.2, -0.15) is 0 Å². The van der Waals surface area contributed by atoms with Crippen molar-refractivity contribution < 1.29 is 14.7 Å². The monoisotopic (exact) mass is 202 g/mol. The second-order valence-electron chi connectivity index (χ2n) is 3.28. The molecule has 0 saturated heterocycles. The van der Waals surface area contributed by atoms with Gasteiger partial charge in [0.1, 0.15) is 0 Å². The molecule has 5 heteroatoms. The molecule has 0 aliphatic heterocycles. The first-order chi connectivity index (χ1) is 6.54. The van der Waals surface area contributed by atoms with E-state index in [1.165, 1.54) is 0 Å². The van der Waals surface area contributed by atoms with Crippen LogP contribution in [-0.2, 0) is 9.59 Å². The molecule has 0 aliphatic rings. The Morgan fingerprint density at radius 1 is 1.36 bits per heavy atom. The molecule has 0 radical (unpaired) electrons. The van der Waals surface area contributed by atoms with Crippen LogP contribution in [0.2, 0.25) is 0 Å². The maximum Gasteiger partial charge on any atom is 0.303 e. The predicted molar refractivity (Wildman–Crippen MR) is 52.8 cm³/mol. The van der Waals surface area contributed by atoms with Crippen LogP contribution < -0.4 is 11.1 Å². The summed E-state index contributed by atoms with van der Waals surface area (Å²) in [5.74, 6) is -0.937. The Hall–Kier alpha value is -1.10. The third-order valence-corrected chi connectivity index (χ3v) is 1.78. The summed E-state index contributed by atoms with van der Waals surface area (Å²) >= 11 is 0. The maximum absolute atomic E-state index is 11.0. The van der Waals surface area contributed by atoms with Crippen molar-refractivity contribution in [3.8, 4) is 0 Å². The van der Waals surface area contributed by atoms with Crippen molar-refractivity contribution in [1.29, 1.82) is 0 Å². The summed E-state index contributed by atoms with van der Waals surface area (Å²) in [6.45, 7) is 2.19. The molecule has 1 atom stereocenters. The van der Waals surface area contributed by atoms with Crippen LogP contribution in [0.25, 0.3) is 0 Å². The molecule has 14 heavy (non-hydrogen) atoms. The van der Waals surface area contributed by atoms with E-state index in [1.807, 2.05) is 0 Å². The summed E-state index contributed by atoms with van der Waals surface area (Å²) in [5, 5.41) is 11.0. The van der Waals surface area contributed by atoms with Crippen molar-refractivity contribution in [2.45, 2.75) is 38.6 Å². The summed E-state index contributed by atoms with van der Waals surface area (Å²) in [4.78, 5) is 21.1. The van der Waals surface area contributed by atoms with E-state index >= 15 is 0 Å². The Bertz CT molecular complexity index is 192. The number of rotatable bonds is 7. The molecule has 4 N–H and O–H groups in total. The first-order valence-corrected chi connectivity index (χ1v) is 4.79. The molecule has 0 bridgehead atoms. The second kappa shape index (κ2) is 7.32. The number of hydrogen-bond acceptors (Lipinski definition) is 3. The first-order valence-electron chi connectivity index (χ1n) is 4.79. The number of carbonyl (C=O) groups is 2. The lowest BCUT2D eigenvalue weighted by Gasteiger charge is -2.06.